The quantitative estimate of drug-likeness (QED) is 0.847. The van der Waals surface area contributed by atoms with Gasteiger partial charge in [0, 0.05) is 11.3 Å². The van der Waals surface area contributed by atoms with E-state index in [0.717, 1.165) is 17.7 Å². The Kier molecular flexibility index (Phi) is 3.51. The maximum atomic E-state index is 13.3. The number of benzene rings is 1. The van der Waals surface area contributed by atoms with E-state index >= 15 is 0 Å². The van der Waals surface area contributed by atoms with Crippen LogP contribution >= 0.6 is 0 Å². The number of nitrogens with one attached hydrogen (secondary N) is 2. The van der Waals surface area contributed by atoms with Gasteiger partial charge in [-0.05, 0) is 25.0 Å². The molecule has 5 nitrogen and oxygen atoms in total. The number of amides is 1. The molecule has 4 rings (SSSR count). The summed E-state index contributed by atoms with van der Waals surface area (Å²) in [5.74, 6) is 0.268. The molecule has 2 N–H and O–H groups in total. The van der Waals surface area contributed by atoms with Crippen LogP contribution in [0.15, 0.2) is 57.2 Å². The second-order valence-corrected chi connectivity index (χ2v) is 6.67. The molecule has 136 valence electrons. The molecule has 0 bridgehead atoms. The Morgan fingerprint density at radius 3 is 2.81 bits per heavy atom. The summed E-state index contributed by atoms with van der Waals surface area (Å²) >= 11 is 0. The second kappa shape index (κ2) is 5.43. The van der Waals surface area contributed by atoms with Gasteiger partial charge in [-0.15, -0.1) is 5.11 Å². The van der Waals surface area contributed by atoms with Crippen molar-refractivity contribution < 1.29 is 18.0 Å². The lowest BCUT2D eigenvalue weighted by atomic mass is 9.64. The van der Waals surface area contributed by atoms with Crippen molar-refractivity contribution in [2.75, 3.05) is 6.54 Å². The molecule has 0 spiro atoms. The monoisotopic (exact) mass is 362 g/mol. The van der Waals surface area contributed by atoms with Crippen molar-refractivity contribution >= 4 is 5.91 Å². The van der Waals surface area contributed by atoms with Crippen molar-refractivity contribution in [3.05, 3.63) is 58.1 Å². The average Bonchev–Trinajstić information content (AvgIpc) is 3.18. The molecule has 0 saturated carbocycles. The molecule has 8 heteroatoms. The van der Waals surface area contributed by atoms with Gasteiger partial charge in [0.1, 0.15) is 0 Å². The first-order valence-electron chi connectivity index (χ1n) is 8.40. The molecule has 3 aliphatic heterocycles. The first-order valence-corrected chi connectivity index (χ1v) is 8.40. The van der Waals surface area contributed by atoms with Crippen molar-refractivity contribution in [3.63, 3.8) is 0 Å². The Labute approximate surface area is 148 Å². The van der Waals surface area contributed by atoms with Gasteiger partial charge in [0.25, 0.3) is 5.91 Å². The molecule has 26 heavy (non-hydrogen) atoms. The number of nitrogens with zero attached hydrogens (tertiary/aromatic N) is 2. The smallest absolute Gasteiger partial charge is 0.344 e. The second-order valence-electron chi connectivity index (χ2n) is 6.67. The molecule has 0 saturated heterocycles. The average molecular weight is 362 g/mol. The minimum atomic E-state index is -4.46. The summed E-state index contributed by atoms with van der Waals surface area (Å²) < 4.78 is 39.9. The molecule has 1 aromatic carbocycles. The molecule has 0 aromatic heterocycles. The van der Waals surface area contributed by atoms with E-state index in [1.54, 1.807) is 6.07 Å². The van der Waals surface area contributed by atoms with E-state index in [1.807, 2.05) is 13.8 Å². The maximum absolute atomic E-state index is 13.3. The molecule has 3 heterocycles. The number of halogens is 3. The molecule has 0 fully saturated rings. The summed E-state index contributed by atoms with van der Waals surface area (Å²) in [5.41, 5.74) is 0.598. The van der Waals surface area contributed by atoms with Gasteiger partial charge in [-0.2, -0.15) is 18.3 Å². The van der Waals surface area contributed by atoms with Crippen LogP contribution in [0.1, 0.15) is 31.4 Å². The van der Waals surface area contributed by atoms with Gasteiger partial charge in [-0.3, -0.25) is 4.79 Å². The predicted molar refractivity (Wildman–Crippen MR) is 87.9 cm³/mol. The van der Waals surface area contributed by atoms with Crippen LogP contribution in [-0.2, 0) is 16.4 Å². The number of hydrogen-bond donors (Lipinski definition) is 2. The Bertz CT molecular complexity index is 900. The first kappa shape index (κ1) is 16.8. The number of dihydropyridines is 1. The fraction of sp³-hybridized carbons (Fsp3) is 0.389. The van der Waals surface area contributed by atoms with Crippen LogP contribution < -0.4 is 10.6 Å². The zero-order chi connectivity index (χ0) is 18.7. The number of alkyl halides is 3. The molecular formula is C18H17F3N4O. The SMILES string of the molecule is CC[C@@]1(c2cccc(C(F)(F)F)c2)C2=C(N=NC2)NC2=C1C(=O)N[C@@H]2C. The topological polar surface area (TPSA) is 65.8 Å². The fourth-order valence-corrected chi connectivity index (χ4v) is 4.18. The predicted octanol–water partition coefficient (Wildman–Crippen LogP) is 3.41. The number of hydrogen-bond acceptors (Lipinski definition) is 4. The van der Waals surface area contributed by atoms with Gasteiger partial charge in [-0.1, -0.05) is 25.1 Å². The molecular weight excluding hydrogens is 345 g/mol. The van der Waals surface area contributed by atoms with Crippen LogP contribution in [0.3, 0.4) is 0 Å². The van der Waals surface area contributed by atoms with Crippen LogP contribution in [0.5, 0.6) is 0 Å². The van der Waals surface area contributed by atoms with Gasteiger partial charge < -0.3 is 10.6 Å². The Morgan fingerprint density at radius 1 is 1.35 bits per heavy atom. The van der Waals surface area contributed by atoms with Gasteiger partial charge in [0.15, 0.2) is 5.82 Å². The highest BCUT2D eigenvalue weighted by atomic mass is 19.4. The molecule has 0 unspecified atom stereocenters. The first-order chi connectivity index (χ1) is 12.3. The fourth-order valence-electron chi connectivity index (χ4n) is 4.18. The Hall–Kier alpha value is -2.64. The van der Waals surface area contributed by atoms with E-state index in [4.69, 9.17) is 0 Å². The summed E-state index contributed by atoms with van der Waals surface area (Å²) in [6.07, 6.45) is -4.03. The maximum Gasteiger partial charge on any atom is 0.416 e. The highest BCUT2D eigenvalue weighted by Gasteiger charge is 2.52. The van der Waals surface area contributed by atoms with Crippen molar-refractivity contribution in [1.82, 2.24) is 10.6 Å². The Balaban J connectivity index is 1.99. The van der Waals surface area contributed by atoms with Gasteiger partial charge in [-0.25, -0.2) is 0 Å². The highest BCUT2D eigenvalue weighted by Crippen LogP contribution is 2.51. The Morgan fingerprint density at radius 2 is 2.12 bits per heavy atom. The summed E-state index contributed by atoms with van der Waals surface area (Å²) in [6.45, 7) is 3.96. The molecule has 2 atom stereocenters. The minimum absolute atomic E-state index is 0.255. The van der Waals surface area contributed by atoms with Crippen molar-refractivity contribution in [2.24, 2.45) is 10.2 Å². The lowest BCUT2D eigenvalue weighted by molar-refractivity contribution is -0.137. The van der Waals surface area contributed by atoms with Crippen LogP contribution in [0.2, 0.25) is 0 Å². The largest absolute Gasteiger partial charge is 0.416 e. The summed E-state index contributed by atoms with van der Waals surface area (Å²) in [6, 6.07) is 4.95. The number of azo groups is 1. The van der Waals surface area contributed by atoms with Gasteiger partial charge in [0.2, 0.25) is 0 Å². The van der Waals surface area contributed by atoms with Crippen molar-refractivity contribution in [3.8, 4) is 0 Å². The lowest BCUT2D eigenvalue weighted by Gasteiger charge is -2.39. The molecule has 1 amide bonds. The van der Waals surface area contributed by atoms with E-state index < -0.39 is 17.2 Å². The van der Waals surface area contributed by atoms with E-state index in [9.17, 15) is 18.0 Å². The van der Waals surface area contributed by atoms with Crippen molar-refractivity contribution in [2.45, 2.75) is 37.9 Å². The lowest BCUT2D eigenvalue weighted by Crippen LogP contribution is -2.41. The van der Waals surface area contributed by atoms with E-state index in [0.29, 0.717) is 29.1 Å². The number of carbonyl (C=O) groups excluding carboxylic acids is 1. The molecule has 3 aliphatic rings. The van der Waals surface area contributed by atoms with E-state index in [2.05, 4.69) is 20.9 Å². The summed E-state index contributed by atoms with van der Waals surface area (Å²) in [7, 11) is 0. The van der Waals surface area contributed by atoms with Crippen molar-refractivity contribution in [1.29, 1.82) is 0 Å². The third kappa shape index (κ3) is 2.14. The summed E-state index contributed by atoms with van der Waals surface area (Å²) in [5, 5.41) is 14.2. The van der Waals surface area contributed by atoms with Crippen LogP contribution in [-0.4, -0.2) is 18.5 Å². The van der Waals surface area contributed by atoms with E-state index in [1.165, 1.54) is 6.07 Å². The standard InChI is InChI=1S/C18H17F3N4O/c1-3-17(10-5-4-6-11(7-10)18(19,20)21)12-8-22-25-15(12)24-14-9(2)23-16(26)13(14)17/h4-7,9,24H,3,8H2,1-2H3,(H,23,26)/t9-,17-/m1/s1. The third-order valence-corrected chi connectivity index (χ3v) is 5.37. The van der Waals surface area contributed by atoms with E-state index in [-0.39, 0.29) is 18.5 Å². The number of carbonyl (C=O) groups is 1. The molecule has 1 aromatic rings. The van der Waals surface area contributed by atoms with Gasteiger partial charge in [0.05, 0.1) is 29.1 Å². The zero-order valence-electron chi connectivity index (χ0n) is 14.2. The number of rotatable bonds is 2. The molecule has 0 radical (unpaired) electrons. The zero-order valence-corrected chi connectivity index (χ0v) is 14.2. The highest BCUT2D eigenvalue weighted by molar-refractivity contribution is 6.01. The van der Waals surface area contributed by atoms with Crippen LogP contribution in [0.4, 0.5) is 13.2 Å². The molecule has 0 aliphatic carbocycles. The van der Waals surface area contributed by atoms with Gasteiger partial charge >= 0.3 is 6.18 Å². The minimum Gasteiger partial charge on any atom is -0.344 e. The normalized spacial score (nSPS) is 27.4. The summed E-state index contributed by atoms with van der Waals surface area (Å²) in [4.78, 5) is 12.7. The third-order valence-electron chi connectivity index (χ3n) is 5.37. The van der Waals surface area contributed by atoms with Crippen LogP contribution in [0, 0.1) is 0 Å². The van der Waals surface area contributed by atoms with Crippen LogP contribution in [0.25, 0.3) is 0 Å².